The lowest BCUT2D eigenvalue weighted by molar-refractivity contribution is 0.867. The Morgan fingerprint density at radius 3 is 2.20 bits per heavy atom. The van der Waals surface area contributed by atoms with Crippen LogP contribution < -0.4 is 10.6 Å². The highest BCUT2D eigenvalue weighted by Gasteiger charge is 2.01. The Hall–Kier alpha value is -1.87. The Morgan fingerprint density at radius 2 is 1.60 bits per heavy atom. The Bertz CT molecular complexity index is 588. The number of aryl methyl sites for hydroxylation is 1. The largest absolute Gasteiger partial charge is 0.332 e. The van der Waals surface area contributed by atoms with Gasteiger partial charge in [-0.1, -0.05) is 38.1 Å². The Balaban J connectivity index is 1.97. The molecule has 2 N–H and O–H groups in total. The van der Waals surface area contributed by atoms with E-state index in [4.69, 9.17) is 12.2 Å². The number of nitrogens with one attached hydrogen (secondary N) is 2. The molecule has 0 unspecified atom stereocenters. The third kappa shape index (κ3) is 4.07. The zero-order valence-corrected chi connectivity index (χ0v) is 12.9. The number of benzene rings is 2. The van der Waals surface area contributed by atoms with Gasteiger partial charge in [-0.2, -0.15) is 0 Å². The lowest BCUT2D eigenvalue weighted by Crippen LogP contribution is -2.19. The summed E-state index contributed by atoms with van der Waals surface area (Å²) in [4.78, 5) is 0. The fourth-order valence-electron chi connectivity index (χ4n) is 1.97. The smallest absolute Gasteiger partial charge is 0.175 e. The summed E-state index contributed by atoms with van der Waals surface area (Å²) in [6.45, 7) is 6.44. The SMILES string of the molecule is Cc1cccc(NC(=S)Nc2ccc(C(C)C)cc2)c1. The van der Waals surface area contributed by atoms with E-state index in [1.807, 2.05) is 12.1 Å². The summed E-state index contributed by atoms with van der Waals surface area (Å²) in [6, 6.07) is 16.5. The molecule has 0 radical (unpaired) electrons. The second-order valence-corrected chi connectivity index (χ2v) is 5.63. The molecule has 0 fully saturated rings. The van der Waals surface area contributed by atoms with Gasteiger partial charge in [-0.25, -0.2) is 0 Å². The number of anilines is 2. The van der Waals surface area contributed by atoms with Crippen molar-refractivity contribution < 1.29 is 0 Å². The zero-order valence-electron chi connectivity index (χ0n) is 12.1. The fourth-order valence-corrected chi connectivity index (χ4v) is 2.20. The van der Waals surface area contributed by atoms with Crippen LogP contribution in [-0.2, 0) is 0 Å². The van der Waals surface area contributed by atoms with Crippen molar-refractivity contribution in [1.29, 1.82) is 0 Å². The molecule has 0 aliphatic heterocycles. The van der Waals surface area contributed by atoms with Crippen molar-refractivity contribution in [1.82, 2.24) is 0 Å². The second kappa shape index (κ2) is 6.53. The number of thiocarbonyl (C=S) groups is 1. The normalized spacial score (nSPS) is 10.4. The van der Waals surface area contributed by atoms with Gasteiger partial charge >= 0.3 is 0 Å². The molecule has 2 aromatic rings. The van der Waals surface area contributed by atoms with Crippen LogP contribution in [0.25, 0.3) is 0 Å². The van der Waals surface area contributed by atoms with Crippen molar-refractivity contribution in [2.24, 2.45) is 0 Å². The molecule has 0 bridgehead atoms. The molecule has 0 aliphatic carbocycles. The van der Waals surface area contributed by atoms with Gasteiger partial charge in [0.2, 0.25) is 0 Å². The lowest BCUT2D eigenvalue weighted by Gasteiger charge is -2.12. The van der Waals surface area contributed by atoms with Crippen molar-refractivity contribution in [3.05, 3.63) is 59.7 Å². The summed E-state index contributed by atoms with van der Waals surface area (Å²) in [5, 5.41) is 6.99. The van der Waals surface area contributed by atoms with E-state index in [2.05, 4.69) is 67.8 Å². The number of hydrogen-bond donors (Lipinski definition) is 2. The molecule has 0 aliphatic rings. The van der Waals surface area contributed by atoms with Gasteiger partial charge in [0, 0.05) is 11.4 Å². The molecule has 0 amide bonds. The van der Waals surface area contributed by atoms with Gasteiger partial charge in [0.1, 0.15) is 0 Å². The molecule has 0 saturated heterocycles. The van der Waals surface area contributed by atoms with E-state index in [0.717, 1.165) is 11.4 Å². The van der Waals surface area contributed by atoms with E-state index < -0.39 is 0 Å². The van der Waals surface area contributed by atoms with Crippen LogP contribution in [0.15, 0.2) is 48.5 Å². The molecule has 0 aromatic heterocycles. The summed E-state index contributed by atoms with van der Waals surface area (Å²) in [7, 11) is 0. The molecular weight excluding hydrogens is 264 g/mol. The van der Waals surface area contributed by atoms with Gasteiger partial charge in [-0.15, -0.1) is 0 Å². The Labute approximate surface area is 126 Å². The monoisotopic (exact) mass is 284 g/mol. The van der Waals surface area contributed by atoms with Crippen molar-refractivity contribution in [2.75, 3.05) is 10.6 Å². The van der Waals surface area contributed by atoms with E-state index in [-0.39, 0.29) is 0 Å². The molecule has 2 rings (SSSR count). The predicted molar refractivity (Wildman–Crippen MR) is 91.6 cm³/mol. The minimum absolute atomic E-state index is 0.543. The van der Waals surface area contributed by atoms with E-state index in [0.29, 0.717) is 11.0 Å². The van der Waals surface area contributed by atoms with Gasteiger partial charge in [0.25, 0.3) is 0 Å². The van der Waals surface area contributed by atoms with Gasteiger partial charge in [0.05, 0.1) is 0 Å². The molecule has 0 atom stereocenters. The zero-order chi connectivity index (χ0) is 14.5. The highest BCUT2D eigenvalue weighted by molar-refractivity contribution is 7.80. The molecule has 3 heteroatoms. The maximum absolute atomic E-state index is 5.32. The maximum Gasteiger partial charge on any atom is 0.175 e. The van der Waals surface area contributed by atoms with Crippen LogP contribution in [-0.4, -0.2) is 5.11 Å². The first-order valence-corrected chi connectivity index (χ1v) is 7.20. The molecule has 0 saturated carbocycles. The molecule has 2 aromatic carbocycles. The first-order chi connectivity index (χ1) is 9.54. The number of hydrogen-bond acceptors (Lipinski definition) is 1. The lowest BCUT2D eigenvalue weighted by atomic mass is 10.0. The third-order valence-corrected chi connectivity index (χ3v) is 3.32. The summed E-state index contributed by atoms with van der Waals surface area (Å²) in [5.74, 6) is 0.543. The Morgan fingerprint density at radius 1 is 0.950 bits per heavy atom. The quantitative estimate of drug-likeness (QED) is 0.782. The average Bonchev–Trinajstić information content (AvgIpc) is 2.39. The fraction of sp³-hybridized carbons (Fsp3) is 0.235. The topological polar surface area (TPSA) is 24.1 Å². The predicted octanol–water partition coefficient (Wildman–Crippen LogP) is 4.93. The number of rotatable bonds is 3. The molecule has 2 nitrogen and oxygen atoms in total. The molecule has 0 heterocycles. The summed E-state index contributed by atoms with van der Waals surface area (Å²) in [6.07, 6.45) is 0. The molecule has 0 spiro atoms. The van der Waals surface area contributed by atoms with Crippen molar-refractivity contribution >= 4 is 28.7 Å². The van der Waals surface area contributed by atoms with E-state index in [1.165, 1.54) is 11.1 Å². The van der Waals surface area contributed by atoms with E-state index >= 15 is 0 Å². The molecule has 104 valence electrons. The van der Waals surface area contributed by atoms with E-state index in [9.17, 15) is 0 Å². The van der Waals surface area contributed by atoms with Crippen LogP contribution in [0.1, 0.15) is 30.9 Å². The van der Waals surface area contributed by atoms with Crippen LogP contribution in [0.2, 0.25) is 0 Å². The van der Waals surface area contributed by atoms with Crippen molar-refractivity contribution in [2.45, 2.75) is 26.7 Å². The maximum atomic E-state index is 5.32. The van der Waals surface area contributed by atoms with Gasteiger partial charge in [-0.3, -0.25) is 0 Å². The minimum Gasteiger partial charge on any atom is -0.332 e. The van der Waals surface area contributed by atoms with Crippen molar-refractivity contribution in [3.8, 4) is 0 Å². The van der Waals surface area contributed by atoms with Gasteiger partial charge < -0.3 is 10.6 Å². The molecular formula is C17H20N2S. The van der Waals surface area contributed by atoms with Crippen LogP contribution in [0, 0.1) is 6.92 Å². The first-order valence-electron chi connectivity index (χ1n) is 6.79. The minimum atomic E-state index is 0.543. The summed E-state index contributed by atoms with van der Waals surface area (Å²) in [5.41, 5.74) is 4.54. The van der Waals surface area contributed by atoms with E-state index in [1.54, 1.807) is 0 Å². The average molecular weight is 284 g/mol. The highest BCUT2D eigenvalue weighted by atomic mass is 32.1. The van der Waals surface area contributed by atoms with Crippen LogP contribution >= 0.6 is 12.2 Å². The second-order valence-electron chi connectivity index (χ2n) is 5.23. The van der Waals surface area contributed by atoms with Crippen LogP contribution in [0.4, 0.5) is 11.4 Å². The standard InChI is InChI=1S/C17H20N2S/c1-12(2)14-7-9-15(10-8-14)18-17(20)19-16-6-4-5-13(3)11-16/h4-12H,1-3H3,(H2,18,19,20). The molecule has 20 heavy (non-hydrogen) atoms. The summed E-state index contributed by atoms with van der Waals surface area (Å²) >= 11 is 5.32. The van der Waals surface area contributed by atoms with Crippen molar-refractivity contribution in [3.63, 3.8) is 0 Å². The van der Waals surface area contributed by atoms with Gasteiger partial charge in [-0.05, 0) is 60.5 Å². The highest BCUT2D eigenvalue weighted by Crippen LogP contribution is 2.17. The van der Waals surface area contributed by atoms with Gasteiger partial charge in [0.15, 0.2) is 5.11 Å². The first kappa shape index (κ1) is 14.5. The van der Waals surface area contributed by atoms with Crippen LogP contribution in [0.3, 0.4) is 0 Å². The van der Waals surface area contributed by atoms with Crippen LogP contribution in [0.5, 0.6) is 0 Å². The summed E-state index contributed by atoms with van der Waals surface area (Å²) < 4.78 is 0. The Kier molecular flexibility index (Phi) is 4.74. The third-order valence-electron chi connectivity index (χ3n) is 3.11.